The fraction of sp³-hybridized carbons (Fsp3) is 0.684. The van der Waals surface area contributed by atoms with E-state index >= 15 is 0 Å². The minimum Gasteiger partial charge on any atom is -0.381 e. The second-order valence-corrected chi connectivity index (χ2v) is 7.78. The van der Waals surface area contributed by atoms with Gasteiger partial charge in [0.25, 0.3) is 0 Å². The summed E-state index contributed by atoms with van der Waals surface area (Å²) in [6.07, 6.45) is 4.23. The summed E-state index contributed by atoms with van der Waals surface area (Å²) in [5.74, 6) is 0.972. The molecule has 0 aliphatic carbocycles. The zero-order valence-electron chi connectivity index (χ0n) is 15.4. The first-order valence-electron chi connectivity index (χ1n) is 9.56. The maximum Gasteiger partial charge on any atom is 0.317 e. The van der Waals surface area contributed by atoms with E-state index in [1.54, 1.807) is 0 Å². The number of ether oxygens (including phenoxy) is 2. The molecule has 0 bridgehead atoms. The molecule has 0 aromatic carbocycles. The van der Waals surface area contributed by atoms with Crippen LogP contribution in [0.1, 0.15) is 25.3 Å². The summed E-state index contributed by atoms with van der Waals surface area (Å²) in [7, 11) is 0. The van der Waals surface area contributed by atoms with Crippen molar-refractivity contribution in [1.29, 1.82) is 0 Å². The molecule has 4 heterocycles. The number of rotatable bonds is 3. The third kappa shape index (κ3) is 3.78. The van der Waals surface area contributed by atoms with Crippen molar-refractivity contribution in [3.05, 3.63) is 23.9 Å². The number of pyridine rings is 1. The van der Waals surface area contributed by atoms with Gasteiger partial charge in [-0.05, 0) is 31.4 Å². The number of hydrogen-bond donors (Lipinski definition) is 1. The zero-order chi connectivity index (χ0) is 18.0. The molecule has 3 saturated heterocycles. The highest BCUT2D eigenvalue weighted by Crippen LogP contribution is 2.39. The summed E-state index contributed by atoms with van der Waals surface area (Å²) in [5, 5.41) is 3.01. The Morgan fingerprint density at radius 2 is 2.12 bits per heavy atom. The summed E-state index contributed by atoms with van der Waals surface area (Å²) < 4.78 is 11.0. The first kappa shape index (κ1) is 17.5. The molecule has 26 heavy (non-hydrogen) atoms. The third-order valence-electron chi connectivity index (χ3n) is 5.71. The van der Waals surface area contributed by atoms with E-state index in [9.17, 15) is 4.79 Å². The Labute approximate surface area is 154 Å². The van der Waals surface area contributed by atoms with Gasteiger partial charge in [-0.25, -0.2) is 9.78 Å². The van der Waals surface area contributed by atoms with Gasteiger partial charge in [-0.3, -0.25) is 0 Å². The Hall–Kier alpha value is -1.86. The lowest BCUT2D eigenvalue weighted by Crippen LogP contribution is -2.62. The van der Waals surface area contributed by atoms with E-state index in [1.165, 1.54) is 0 Å². The SMILES string of the molecule is CC1CN(c2ccc(CNC(=O)N3CC4(CCOCC4)C3)cn2)CCO1. The lowest BCUT2D eigenvalue weighted by Gasteiger charge is -2.51. The summed E-state index contributed by atoms with van der Waals surface area (Å²) >= 11 is 0. The van der Waals surface area contributed by atoms with Gasteiger partial charge in [0.15, 0.2) is 0 Å². The highest BCUT2D eigenvalue weighted by Gasteiger charge is 2.45. The summed E-state index contributed by atoms with van der Waals surface area (Å²) in [6, 6.07) is 4.09. The van der Waals surface area contributed by atoms with Gasteiger partial charge in [0.05, 0.1) is 12.7 Å². The molecule has 1 aromatic rings. The molecule has 7 heteroatoms. The van der Waals surface area contributed by atoms with Gasteiger partial charge in [-0.2, -0.15) is 0 Å². The number of anilines is 1. The van der Waals surface area contributed by atoms with Gasteiger partial charge in [-0.1, -0.05) is 6.07 Å². The maximum absolute atomic E-state index is 12.3. The van der Waals surface area contributed by atoms with Crippen molar-refractivity contribution < 1.29 is 14.3 Å². The normalized spacial score (nSPS) is 25.0. The first-order chi connectivity index (χ1) is 12.6. The number of likely N-dealkylation sites (tertiary alicyclic amines) is 1. The number of carbonyl (C=O) groups excluding carboxylic acids is 1. The minimum absolute atomic E-state index is 0.0215. The van der Waals surface area contributed by atoms with Crippen molar-refractivity contribution >= 4 is 11.8 Å². The van der Waals surface area contributed by atoms with Gasteiger partial charge in [0, 0.05) is 57.5 Å². The number of nitrogens with zero attached hydrogens (tertiary/aromatic N) is 3. The molecule has 3 aliphatic heterocycles. The topological polar surface area (TPSA) is 66.9 Å². The molecule has 2 amide bonds. The quantitative estimate of drug-likeness (QED) is 0.887. The molecular weight excluding hydrogens is 332 g/mol. The average Bonchev–Trinajstić information content (AvgIpc) is 2.65. The summed E-state index contributed by atoms with van der Waals surface area (Å²) in [4.78, 5) is 21.0. The molecular formula is C19H28N4O3. The van der Waals surface area contributed by atoms with E-state index in [4.69, 9.17) is 9.47 Å². The Balaban J connectivity index is 1.24. The monoisotopic (exact) mass is 360 g/mol. The number of urea groups is 1. The van der Waals surface area contributed by atoms with E-state index in [0.29, 0.717) is 12.0 Å². The van der Waals surface area contributed by atoms with Crippen LogP contribution in [0, 0.1) is 5.41 Å². The van der Waals surface area contributed by atoms with Crippen molar-refractivity contribution in [3.63, 3.8) is 0 Å². The van der Waals surface area contributed by atoms with Crippen molar-refractivity contribution in [3.8, 4) is 0 Å². The Bertz CT molecular complexity index is 622. The van der Waals surface area contributed by atoms with Crippen molar-refractivity contribution in [2.75, 3.05) is 50.9 Å². The van der Waals surface area contributed by atoms with E-state index in [2.05, 4.69) is 22.1 Å². The maximum atomic E-state index is 12.3. The number of aromatic nitrogens is 1. The molecule has 7 nitrogen and oxygen atoms in total. The second-order valence-electron chi connectivity index (χ2n) is 7.78. The number of hydrogen-bond acceptors (Lipinski definition) is 5. The first-order valence-corrected chi connectivity index (χ1v) is 9.56. The van der Waals surface area contributed by atoms with Crippen LogP contribution in [-0.4, -0.2) is 68.0 Å². The summed E-state index contributed by atoms with van der Waals surface area (Å²) in [6.45, 7) is 8.44. The number of nitrogens with one attached hydrogen (secondary N) is 1. The molecule has 1 spiro atoms. The molecule has 1 N–H and O–H groups in total. The Morgan fingerprint density at radius 1 is 1.31 bits per heavy atom. The van der Waals surface area contributed by atoms with Crippen LogP contribution in [-0.2, 0) is 16.0 Å². The van der Waals surface area contributed by atoms with Gasteiger partial charge in [0.2, 0.25) is 0 Å². The highest BCUT2D eigenvalue weighted by atomic mass is 16.5. The van der Waals surface area contributed by atoms with Gasteiger partial charge < -0.3 is 24.6 Å². The number of morpholine rings is 1. The van der Waals surface area contributed by atoms with Crippen LogP contribution in [0.2, 0.25) is 0 Å². The third-order valence-corrected chi connectivity index (χ3v) is 5.71. The average molecular weight is 360 g/mol. The summed E-state index contributed by atoms with van der Waals surface area (Å²) in [5.41, 5.74) is 1.33. The van der Waals surface area contributed by atoms with Crippen molar-refractivity contribution in [2.45, 2.75) is 32.4 Å². The van der Waals surface area contributed by atoms with Crippen molar-refractivity contribution in [1.82, 2.24) is 15.2 Å². The molecule has 0 radical (unpaired) electrons. The van der Waals surface area contributed by atoms with Gasteiger partial charge in [0.1, 0.15) is 5.82 Å². The van der Waals surface area contributed by atoms with Crippen LogP contribution < -0.4 is 10.2 Å². The van der Waals surface area contributed by atoms with Crippen LogP contribution in [0.15, 0.2) is 18.3 Å². The van der Waals surface area contributed by atoms with Crippen molar-refractivity contribution in [2.24, 2.45) is 5.41 Å². The highest BCUT2D eigenvalue weighted by molar-refractivity contribution is 5.75. The lowest BCUT2D eigenvalue weighted by atomic mass is 9.73. The van der Waals surface area contributed by atoms with E-state index < -0.39 is 0 Å². The largest absolute Gasteiger partial charge is 0.381 e. The number of carbonyl (C=O) groups is 1. The molecule has 4 rings (SSSR count). The van der Waals surface area contributed by atoms with Gasteiger partial charge in [-0.15, -0.1) is 0 Å². The van der Waals surface area contributed by atoms with Crippen LogP contribution in [0.4, 0.5) is 10.6 Å². The molecule has 1 unspecified atom stereocenters. The smallest absolute Gasteiger partial charge is 0.317 e. The molecule has 1 aromatic heterocycles. The zero-order valence-corrected chi connectivity index (χ0v) is 15.4. The molecule has 1 atom stereocenters. The predicted octanol–water partition coefficient (Wildman–Crippen LogP) is 1.63. The Morgan fingerprint density at radius 3 is 2.81 bits per heavy atom. The fourth-order valence-corrected chi connectivity index (χ4v) is 4.05. The molecule has 0 saturated carbocycles. The van der Waals surface area contributed by atoms with E-state index in [0.717, 1.165) is 70.2 Å². The fourth-order valence-electron chi connectivity index (χ4n) is 4.05. The predicted molar refractivity (Wildman–Crippen MR) is 98.2 cm³/mol. The minimum atomic E-state index is 0.0215. The molecule has 3 fully saturated rings. The molecule has 3 aliphatic rings. The van der Waals surface area contributed by atoms with Gasteiger partial charge >= 0.3 is 6.03 Å². The van der Waals surface area contributed by atoms with Crippen LogP contribution in [0.25, 0.3) is 0 Å². The Kier molecular flexibility index (Phi) is 5.00. The van der Waals surface area contributed by atoms with Crippen LogP contribution >= 0.6 is 0 Å². The molecule has 142 valence electrons. The standard InChI is InChI=1S/C19H28N4O3/c1-15-12-22(6-9-26-15)17-3-2-16(10-20-17)11-21-18(24)23-13-19(14-23)4-7-25-8-5-19/h2-3,10,15H,4-9,11-14H2,1H3,(H,21,24). The van der Waals surface area contributed by atoms with E-state index in [1.807, 2.05) is 23.2 Å². The van der Waals surface area contributed by atoms with Crippen LogP contribution in [0.3, 0.4) is 0 Å². The van der Waals surface area contributed by atoms with E-state index in [-0.39, 0.29) is 12.1 Å². The van der Waals surface area contributed by atoms with Crippen LogP contribution in [0.5, 0.6) is 0 Å². The number of amides is 2. The lowest BCUT2D eigenvalue weighted by molar-refractivity contribution is -0.0616. The second kappa shape index (κ2) is 7.40.